The maximum absolute atomic E-state index is 9.91. The van der Waals surface area contributed by atoms with E-state index in [9.17, 15) is 5.11 Å². The minimum Gasteiger partial charge on any atom is -0.389 e. The second kappa shape index (κ2) is 6.98. The fourth-order valence-corrected chi connectivity index (χ4v) is 2.43. The molecule has 1 aliphatic heterocycles. The van der Waals surface area contributed by atoms with E-state index < -0.39 is 6.10 Å². The van der Waals surface area contributed by atoms with Gasteiger partial charge in [0, 0.05) is 19.6 Å². The van der Waals surface area contributed by atoms with Crippen LogP contribution in [0.2, 0.25) is 0 Å². The van der Waals surface area contributed by atoms with Crippen molar-refractivity contribution in [3.63, 3.8) is 0 Å². The number of β-amino-alcohol motifs (C(OH)–C–C–N with tert-alkyl or cyclic N) is 1. The molecule has 2 heterocycles. The average molecular weight is 268 g/mol. The summed E-state index contributed by atoms with van der Waals surface area (Å²) in [4.78, 5) is 6.28. The minimum atomic E-state index is -0.398. The molecule has 0 spiro atoms. The third-order valence-corrected chi connectivity index (χ3v) is 3.46. The summed E-state index contributed by atoms with van der Waals surface area (Å²) >= 11 is 0. The summed E-state index contributed by atoms with van der Waals surface area (Å²) in [6, 6.07) is 0.447. The molecule has 0 amide bonds. The van der Waals surface area contributed by atoms with Crippen molar-refractivity contribution in [1.29, 1.82) is 0 Å². The van der Waals surface area contributed by atoms with E-state index in [0.29, 0.717) is 19.2 Å². The van der Waals surface area contributed by atoms with Gasteiger partial charge in [-0.3, -0.25) is 0 Å². The topological polar surface area (TPSA) is 63.4 Å². The van der Waals surface area contributed by atoms with Crippen LogP contribution in [0.5, 0.6) is 0 Å². The fraction of sp³-hybridized carbons (Fsp3) is 0.846. The number of piperidine rings is 1. The number of nitrogens with zero attached hydrogens (tertiary/aromatic N) is 4. The molecule has 1 aliphatic rings. The van der Waals surface area contributed by atoms with Gasteiger partial charge >= 0.3 is 0 Å². The number of hydrogen-bond donors (Lipinski definition) is 1. The Bertz CT molecular complexity index is 348. The molecule has 1 atom stereocenters. The Labute approximate surface area is 114 Å². The molecular weight excluding hydrogens is 244 g/mol. The number of aliphatic hydroxyl groups excluding tert-OH is 1. The Kier molecular flexibility index (Phi) is 5.30. The van der Waals surface area contributed by atoms with E-state index >= 15 is 0 Å². The van der Waals surface area contributed by atoms with Crippen molar-refractivity contribution in [3.8, 4) is 0 Å². The van der Waals surface area contributed by atoms with Gasteiger partial charge in [0.2, 0.25) is 0 Å². The van der Waals surface area contributed by atoms with Crippen LogP contribution in [0.4, 0.5) is 0 Å². The summed E-state index contributed by atoms with van der Waals surface area (Å²) in [5.41, 5.74) is 0. The molecule has 1 saturated heterocycles. The van der Waals surface area contributed by atoms with E-state index in [4.69, 9.17) is 4.74 Å². The van der Waals surface area contributed by atoms with Crippen LogP contribution in [-0.4, -0.2) is 63.2 Å². The normalized spacial score (nSPS) is 20.0. The van der Waals surface area contributed by atoms with Gasteiger partial charge in [0.1, 0.15) is 12.7 Å². The zero-order chi connectivity index (χ0) is 13.7. The predicted octanol–water partition coefficient (Wildman–Crippen LogP) is 0.701. The molecule has 0 aliphatic carbocycles. The molecule has 1 aromatic heterocycles. The summed E-state index contributed by atoms with van der Waals surface area (Å²) in [5, 5.41) is 14.1. The lowest BCUT2D eigenvalue weighted by molar-refractivity contribution is -0.0123. The van der Waals surface area contributed by atoms with Crippen LogP contribution in [0.15, 0.2) is 12.7 Å². The van der Waals surface area contributed by atoms with E-state index in [0.717, 1.165) is 25.9 Å². The van der Waals surface area contributed by atoms with Crippen molar-refractivity contribution in [2.45, 2.75) is 44.9 Å². The summed E-state index contributed by atoms with van der Waals surface area (Å²) in [5.74, 6) is 0. The second-order valence-electron chi connectivity index (χ2n) is 5.44. The number of rotatable bonds is 6. The molecule has 1 unspecified atom stereocenters. The highest BCUT2D eigenvalue weighted by atomic mass is 16.5. The van der Waals surface area contributed by atoms with Crippen molar-refractivity contribution >= 4 is 0 Å². The SMILES string of the molecule is CC(C)OCC(O)CN1CCC(n2cncn2)CC1. The van der Waals surface area contributed by atoms with E-state index in [2.05, 4.69) is 15.0 Å². The van der Waals surface area contributed by atoms with Crippen LogP contribution in [0.1, 0.15) is 32.7 Å². The van der Waals surface area contributed by atoms with E-state index in [-0.39, 0.29) is 6.10 Å². The highest BCUT2D eigenvalue weighted by Gasteiger charge is 2.22. The van der Waals surface area contributed by atoms with Gasteiger partial charge in [0.15, 0.2) is 0 Å². The van der Waals surface area contributed by atoms with Gasteiger partial charge in [-0.05, 0) is 26.7 Å². The quantitative estimate of drug-likeness (QED) is 0.823. The molecule has 6 nitrogen and oxygen atoms in total. The molecule has 0 bridgehead atoms. The van der Waals surface area contributed by atoms with E-state index in [1.165, 1.54) is 0 Å². The molecule has 6 heteroatoms. The van der Waals surface area contributed by atoms with E-state index in [1.54, 1.807) is 12.7 Å². The van der Waals surface area contributed by atoms with Crippen LogP contribution < -0.4 is 0 Å². The zero-order valence-corrected chi connectivity index (χ0v) is 11.8. The van der Waals surface area contributed by atoms with Gasteiger partial charge in [-0.25, -0.2) is 9.67 Å². The van der Waals surface area contributed by atoms with Crippen molar-refractivity contribution in [2.24, 2.45) is 0 Å². The Morgan fingerprint density at radius 1 is 1.37 bits per heavy atom. The number of ether oxygens (including phenoxy) is 1. The molecule has 0 radical (unpaired) electrons. The molecule has 0 saturated carbocycles. The standard InChI is InChI=1S/C13H24N4O2/c1-11(2)19-8-13(18)7-16-5-3-12(4-6-16)17-10-14-9-15-17/h9-13,18H,3-8H2,1-2H3. The van der Waals surface area contributed by atoms with Gasteiger partial charge in [-0.15, -0.1) is 0 Å². The number of hydrogen-bond acceptors (Lipinski definition) is 5. The first-order valence-corrected chi connectivity index (χ1v) is 7.01. The highest BCUT2D eigenvalue weighted by Crippen LogP contribution is 2.21. The lowest BCUT2D eigenvalue weighted by Crippen LogP contribution is -2.41. The number of likely N-dealkylation sites (tertiary alicyclic amines) is 1. The van der Waals surface area contributed by atoms with Crippen LogP contribution in [-0.2, 0) is 4.74 Å². The van der Waals surface area contributed by atoms with Gasteiger partial charge < -0.3 is 14.7 Å². The maximum Gasteiger partial charge on any atom is 0.137 e. The molecular formula is C13H24N4O2. The third kappa shape index (κ3) is 4.56. The predicted molar refractivity (Wildman–Crippen MR) is 71.8 cm³/mol. The maximum atomic E-state index is 9.91. The largest absolute Gasteiger partial charge is 0.389 e. The van der Waals surface area contributed by atoms with Crippen molar-refractivity contribution in [2.75, 3.05) is 26.2 Å². The van der Waals surface area contributed by atoms with Gasteiger partial charge in [-0.2, -0.15) is 5.10 Å². The Morgan fingerprint density at radius 2 is 2.11 bits per heavy atom. The molecule has 1 aromatic rings. The zero-order valence-electron chi connectivity index (χ0n) is 11.8. The second-order valence-corrected chi connectivity index (χ2v) is 5.44. The van der Waals surface area contributed by atoms with E-state index in [1.807, 2.05) is 18.5 Å². The average Bonchev–Trinajstić information content (AvgIpc) is 2.91. The summed E-state index contributed by atoms with van der Waals surface area (Å²) in [6.07, 6.45) is 5.26. The molecule has 0 aromatic carbocycles. The lowest BCUT2D eigenvalue weighted by atomic mass is 10.1. The molecule has 1 N–H and O–H groups in total. The van der Waals surface area contributed by atoms with Crippen LogP contribution in [0.3, 0.4) is 0 Å². The minimum absolute atomic E-state index is 0.174. The monoisotopic (exact) mass is 268 g/mol. The highest BCUT2D eigenvalue weighted by molar-refractivity contribution is 4.78. The van der Waals surface area contributed by atoms with Gasteiger partial charge in [0.05, 0.1) is 24.9 Å². The van der Waals surface area contributed by atoms with Crippen molar-refractivity contribution in [3.05, 3.63) is 12.7 Å². The molecule has 2 rings (SSSR count). The summed E-state index contributed by atoms with van der Waals surface area (Å²) < 4.78 is 7.37. The molecule has 108 valence electrons. The number of aromatic nitrogens is 3. The third-order valence-electron chi connectivity index (χ3n) is 3.46. The van der Waals surface area contributed by atoms with Gasteiger partial charge in [-0.1, -0.05) is 0 Å². The number of aliphatic hydroxyl groups is 1. The first kappa shape index (κ1) is 14.4. The van der Waals surface area contributed by atoms with Crippen LogP contribution in [0, 0.1) is 0 Å². The first-order chi connectivity index (χ1) is 9.15. The van der Waals surface area contributed by atoms with Crippen molar-refractivity contribution < 1.29 is 9.84 Å². The molecule has 1 fully saturated rings. The summed E-state index contributed by atoms with van der Waals surface area (Å²) in [6.45, 7) is 7.05. The Hall–Kier alpha value is -0.980. The fourth-order valence-electron chi connectivity index (χ4n) is 2.43. The first-order valence-electron chi connectivity index (χ1n) is 7.01. The lowest BCUT2D eigenvalue weighted by Gasteiger charge is -2.33. The Balaban J connectivity index is 1.68. The summed E-state index contributed by atoms with van der Waals surface area (Å²) in [7, 11) is 0. The van der Waals surface area contributed by atoms with Crippen LogP contribution in [0.25, 0.3) is 0 Å². The smallest absolute Gasteiger partial charge is 0.137 e. The van der Waals surface area contributed by atoms with Crippen LogP contribution >= 0.6 is 0 Å². The van der Waals surface area contributed by atoms with Gasteiger partial charge in [0.25, 0.3) is 0 Å². The Morgan fingerprint density at radius 3 is 2.68 bits per heavy atom. The molecule has 19 heavy (non-hydrogen) atoms. The van der Waals surface area contributed by atoms with Crippen molar-refractivity contribution in [1.82, 2.24) is 19.7 Å².